The average molecular weight is 458 g/mol. The first-order chi connectivity index (χ1) is 14.5. The third-order valence-electron chi connectivity index (χ3n) is 4.30. The molecule has 2 aromatic rings. The highest BCUT2D eigenvalue weighted by Crippen LogP contribution is 2.34. The minimum atomic E-state index is -0.0997. The summed E-state index contributed by atoms with van der Waals surface area (Å²) in [5.74, 6) is 2.04. The summed E-state index contributed by atoms with van der Waals surface area (Å²) in [6.07, 6.45) is 3.49. The number of rotatable bonds is 9. The van der Waals surface area contributed by atoms with Crippen LogP contribution in [0.3, 0.4) is 0 Å². The Morgan fingerprint density at radius 3 is 2.67 bits per heavy atom. The predicted octanol–water partition coefficient (Wildman–Crippen LogP) is 5.56. The zero-order chi connectivity index (χ0) is 21.5. The smallest absolute Gasteiger partial charge is 0.266 e. The van der Waals surface area contributed by atoms with Crippen molar-refractivity contribution in [3.05, 3.63) is 71.2 Å². The second-order valence-electron chi connectivity index (χ2n) is 6.50. The lowest BCUT2D eigenvalue weighted by Gasteiger charge is -2.12. The molecule has 0 unspecified atom stereocenters. The summed E-state index contributed by atoms with van der Waals surface area (Å²) in [4.78, 5) is 15.8. The number of carbonyl (C=O) groups excluding carboxylic acids is 1. The molecule has 1 saturated heterocycles. The highest BCUT2D eigenvalue weighted by atomic mass is 32.2. The molecule has 0 spiro atoms. The van der Waals surface area contributed by atoms with Crippen LogP contribution in [0.2, 0.25) is 0 Å². The van der Waals surface area contributed by atoms with Gasteiger partial charge in [0.05, 0.1) is 18.6 Å². The van der Waals surface area contributed by atoms with Crippen molar-refractivity contribution >= 4 is 52.0 Å². The molecule has 156 valence electrons. The number of ether oxygens (including phenoxy) is 2. The van der Waals surface area contributed by atoms with Gasteiger partial charge < -0.3 is 9.47 Å². The van der Waals surface area contributed by atoms with E-state index in [1.54, 1.807) is 29.8 Å². The lowest BCUT2D eigenvalue weighted by molar-refractivity contribution is -0.121. The lowest BCUT2D eigenvalue weighted by Crippen LogP contribution is -2.27. The second kappa shape index (κ2) is 10.7. The van der Waals surface area contributed by atoms with Crippen LogP contribution in [-0.4, -0.2) is 41.1 Å². The molecule has 3 rings (SSSR count). The number of thiocarbonyl (C=S) groups is 1. The molecular weight excluding hydrogens is 434 g/mol. The average Bonchev–Trinajstić information content (AvgIpc) is 3.00. The van der Waals surface area contributed by atoms with E-state index in [1.807, 2.05) is 24.3 Å². The van der Waals surface area contributed by atoms with Gasteiger partial charge in [-0.2, -0.15) is 0 Å². The van der Waals surface area contributed by atoms with Gasteiger partial charge in [-0.1, -0.05) is 53.8 Å². The van der Waals surface area contributed by atoms with Crippen molar-refractivity contribution in [2.75, 3.05) is 26.0 Å². The zero-order valence-corrected chi connectivity index (χ0v) is 19.4. The molecular formula is C23H23NO3S3. The van der Waals surface area contributed by atoms with E-state index in [-0.39, 0.29) is 5.91 Å². The van der Waals surface area contributed by atoms with Gasteiger partial charge in [0.1, 0.15) is 4.32 Å². The monoisotopic (exact) mass is 457 g/mol. The van der Waals surface area contributed by atoms with Crippen LogP contribution in [0.1, 0.15) is 11.1 Å². The molecule has 0 aliphatic carbocycles. The van der Waals surface area contributed by atoms with Gasteiger partial charge in [-0.3, -0.25) is 9.69 Å². The van der Waals surface area contributed by atoms with Crippen molar-refractivity contribution in [2.24, 2.45) is 0 Å². The van der Waals surface area contributed by atoms with Crippen molar-refractivity contribution in [1.29, 1.82) is 0 Å². The maximum Gasteiger partial charge on any atom is 0.266 e. The van der Waals surface area contributed by atoms with E-state index in [0.717, 1.165) is 11.3 Å². The Morgan fingerprint density at radius 2 is 1.97 bits per heavy atom. The Kier molecular flexibility index (Phi) is 8.01. The molecule has 0 saturated carbocycles. The van der Waals surface area contributed by atoms with Gasteiger partial charge in [0.2, 0.25) is 0 Å². The highest BCUT2D eigenvalue weighted by Gasteiger charge is 2.30. The van der Waals surface area contributed by atoms with Gasteiger partial charge >= 0.3 is 0 Å². The number of thioether (sulfide) groups is 2. The molecule has 7 heteroatoms. The quantitative estimate of drug-likeness (QED) is 0.161. The van der Waals surface area contributed by atoms with Crippen LogP contribution < -0.4 is 9.47 Å². The SMILES string of the molecule is C=CCN1C(=O)/C(=C\c2ccc(OCCSc3ccc(C)cc3)c(OC)c2)SC1=S. The van der Waals surface area contributed by atoms with Gasteiger partial charge in [0.15, 0.2) is 11.5 Å². The van der Waals surface area contributed by atoms with Gasteiger partial charge in [-0.15, -0.1) is 18.3 Å². The van der Waals surface area contributed by atoms with Gasteiger partial charge in [0.25, 0.3) is 5.91 Å². The van der Waals surface area contributed by atoms with Crippen LogP contribution in [0.15, 0.2) is 64.9 Å². The Balaban J connectivity index is 1.62. The van der Waals surface area contributed by atoms with Crippen LogP contribution in [0.5, 0.6) is 11.5 Å². The maximum absolute atomic E-state index is 12.5. The summed E-state index contributed by atoms with van der Waals surface area (Å²) in [5.41, 5.74) is 2.11. The van der Waals surface area contributed by atoms with Crippen molar-refractivity contribution < 1.29 is 14.3 Å². The van der Waals surface area contributed by atoms with E-state index in [2.05, 4.69) is 37.8 Å². The number of benzene rings is 2. The number of aryl methyl sites for hydroxylation is 1. The van der Waals surface area contributed by atoms with Crippen molar-refractivity contribution in [3.8, 4) is 11.5 Å². The highest BCUT2D eigenvalue weighted by molar-refractivity contribution is 8.26. The van der Waals surface area contributed by atoms with Crippen molar-refractivity contribution in [3.63, 3.8) is 0 Å². The molecule has 1 heterocycles. The minimum Gasteiger partial charge on any atom is -0.493 e. The fraction of sp³-hybridized carbons (Fsp3) is 0.217. The van der Waals surface area contributed by atoms with Crippen molar-refractivity contribution in [1.82, 2.24) is 4.90 Å². The fourth-order valence-corrected chi connectivity index (χ4v) is 4.78. The molecule has 1 fully saturated rings. The number of nitrogens with zero attached hydrogens (tertiary/aromatic N) is 1. The molecule has 0 aromatic heterocycles. The molecule has 2 aromatic carbocycles. The van der Waals surface area contributed by atoms with E-state index in [9.17, 15) is 4.79 Å². The van der Waals surface area contributed by atoms with Crippen LogP contribution in [0.4, 0.5) is 0 Å². The standard InChI is InChI=1S/C23H23NO3S3/c1-4-11-24-22(25)21(30-23(24)28)15-17-7-10-19(20(14-17)26-3)27-12-13-29-18-8-5-16(2)6-9-18/h4-10,14-15H,1,11-13H2,2-3H3/b21-15+. The van der Waals surface area contributed by atoms with E-state index >= 15 is 0 Å². The van der Waals surface area contributed by atoms with E-state index in [0.29, 0.717) is 33.9 Å². The molecule has 1 amide bonds. The molecule has 1 aliphatic rings. The molecule has 30 heavy (non-hydrogen) atoms. The number of amides is 1. The molecule has 4 nitrogen and oxygen atoms in total. The largest absolute Gasteiger partial charge is 0.493 e. The maximum atomic E-state index is 12.5. The minimum absolute atomic E-state index is 0.0997. The topological polar surface area (TPSA) is 38.8 Å². The number of carbonyl (C=O) groups is 1. The number of hydrogen-bond acceptors (Lipinski definition) is 6. The Bertz CT molecular complexity index is 970. The van der Waals surface area contributed by atoms with Gasteiger partial charge in [0, 0.05) is 17.2 Å². The Labute approximate surface area is 191 Å². The van der Waals surface area contributed by atoms with Gasteiger partial charge in [-0.25, -0.2) is 0 Å². The lowest BCUT2D eigenvalue weighted by atomic mass is 10.2. The molecule has 0 bridgehead atoms. The van der Waals surface area contributed by atoms with Crippen LogP contribution in [0.25, 0.3) is 6.08 Å². The molecule has 0 radical (unpaired) electrons. The van der Waals surface area contributed by atoms with E-state index in [4.69, 9.17) is 21.7 Å². The molecule has 0 N–H and O–H groups in total. The predicted molar refractivity (Wildman–Crippen MR) is 130 cm³/mol. The summed E-state index contributed by atoms with van der Waals surface area (Å²) in [7, 11) is 1.61. The summed E-state index contributed by atoms with van der Waals surface area (Å²) >= 11 is 8.33. The summed E-state index contributed by atoms with van der Waals surface area (Å²) < 4.78 is 11.9. The Morgan fingerprint density at radius 1 is 1.20 bits per heavy atom. The first kappa shape index (κ1) is 22.5. The van der Waals surface area contributed by atoms with Crippen LogP contribution in [-0.2, 0) is 4.79 Å². The van der Waals surface area contributed by atoms with Gasteiger partial charge in [-0.05, 0) is 42.8 Å². The summed E-state index contributed by atoms with van der Waals surface area (Å²) in [5, 5.41) is 0. The molecule has 1 aliphatic heterocycles. The second-order valence-corrected chi connectivity index (χ2v) is 9.35. The zero-order valence-electron chi connectivity index (χ0n) is 16.9. The van der Waals surface area contributed by atoms with E-state index in [1.165, 1.54) is 22.2 Å². The summed E-state index contributed by atoms with van der Waals surface area (Å²) in [6.45, 7) is 6.73. The van der Waals surface area contributed by atoms with Crippen molar-refractivity contribution in [2.45, 2.75) is 11.8 Å². The Hall–Kier alpha value is -2.22. The molecule has 0 atom stereocenters. The third kappa shape index (κ3) is 5.68. The number of hydrogen-bond donors (Lipinski definition) is 0. The van der Waals surface area contributed by atoms with E-state index < -0.39 is 0 Å². The third-order valence-corrected chi connectivity index (χ3v) is 6.66. The fourth-order valence-electron chi connectivity index (χ4n) is 2.78. The van der Waals surface area contributed by atoms with Crippen LogP contribution in [0, 0.1) is 6.92 Å². The number of methoxy groups -OCH3 is 1. The normalized spacial score (nSPS) is 15.0. The summed E-state index contributed by atoms with van der Waals surface area (Å²) in [6, 6.07) is 14.1. The first-order valence-electron chi connectivity index (χ1n) is 9.38. The first-order valence-corrected chi connectivity index (χ1v) is 11.6. The van der Waals surface area contributed by atoms with Crippen LogP contribution >= 0.6 is 35.7 Å².